The van der Waals surface area contributed by atoms with Gasteiger partial charge in [0.25, 0.3) is 11.6 Å². The van der Waals surface area contributed by atoms with E-state index in [1.54, 1.807) is 0 Å². The van der Waals surface area contributed by atoms with E-state index in [4.69, 9.17) is 5.73 Å². The molecule has 1 aromatic carbocycles. The highest BCUT2D eigenvalue weighted by atomic mass is 79.9. The highest BCUT2D eigenvalue weighted by molar-refractivity contribution is 9.10. The Hall–Kier alpha value is -2.42. The zero-order chi connectivity index (χ0) is 14.7. The second kappa shape index (κ2) is 5.70. The normalized spacial score (nSPS) is 10.2. The zero-order valence-electron chi connectivity index (χ0n) is 10.1. The molecule has 0 aliphatic carbocycles. The van der Waals surface area contributed by atoms with E-state index in [1.807, 2.05) is 0 Å². The topological polar surface area (TPSA) is 127 Å². The summed E-state index contributed by atoms with van der Waals surface area (Å²) in [5.41, 5.74) is 6.26. The van der Waals surface area contributed by atoms with Gasteiger partial charge in [-0.15, -0.1) is 0 Å². The van der Waals surface area contributed by atoms with Crippen molar-refractivity contribution < 1.29 is 9.72 Å². The van der Waals surface area contributed by atoms with Crippen molar-refractivity contribution in [2.24, 2.45) is 0 Å². The number of amides is 1. The summed E-state index contributed by atoms with van der Waals surface area (Å²) < 4.78 is 0.458. The Kier molecular flexibility index (Phi) is 3.99. The molecule has 104 valence electrons. The number of non-ortho nitro benzene ring substituents is 1. The SMILES string of the molecule is Nc1[nH]ncc1CNC(=O)c1cc(Br)cc([N+](=O)[O-])c1. The lowest BCUT2D eigenvalue weighted by molar-refractivity contribution is -0.385. The maximum atomic E-state index is 12.0. The molecule has 4 N–H and O–H groups in total. The Bertz CT molecular complexity index is 670. The molecular weight excluding hydrogens is 330 g/mol. The number of anilines is 1. The number of hydrogen-bond donors (Lipinski definition) is 3. The zero-order valence-corrected chi connectivity index (χ0v) is 11.7. The molecule has 0 aliphatic heterocycles. The van der Waals surface area contributed by atoms with E-state index in [0.717, 1.165) is 0 Å². The summed E-state index contributed by atoms with van der Waals surface area (Å²) in [6.45, 7) is 0.182. The number of nitrogen functional groups attached to an aromatic ring is 1. The second-order valence-corrected chi connectivity index (χ2v) is 4.86. The number of nitro groups is 1. The third kappa shape index (κ3) is 3.12. The first kappa shape index (κ1) is 14.0. The number of aromatic nitrogens is 2. The van der Waals surface area contributed by atoms with E-state index in [1.165, 1.54) is 24.4 Å². The van der Waals surface area contributed by atoms with Gasteiger partial charge in [-0.3, -0.25) is 20.0 Å². The molecule has 8 nitrogen and oxygen atoms in total. The summed E-state index contributed by atoms with van der Waals surface area (Å²) in [6.07, 6.45) is 1.50. The number of nitro benzene ring substituents is 1. The van der Waals surface area contributed by atoms with Gasteiger partial charge in [-0.1, -0.05) is 15.9 Å². The Balaban J connectivity index is 2.13. The second-order valence-electron chi connectivity index (χ2n) is 3.95. The summed E-state index contributed by atoms with van der Waals surface area (Å²) in [5.74, 6) is -0.0690. The Labute approximate surface area is 121 Å². The van der Waals surface area contributed by atoms with Crippen LogP contribution in [0.25, 0.3) is 0 Å². The van der Waals surface area contributed by atoms with E-state index >= 15 is 0 Å². The average Bonchev–Trinajstić information content (AvgIpc) is 2.80. The van der Waals surface area contributed by atoms with Crippen LogP contribution in [0.3, 0.4) is 0 Å². The van der Waals surface area contributed by atoms with Crippen LogP contribution in [0.4, 0.5) is 11.5 Å². The van der Waals surface area contributed by atoms with E-state index in [0.29, 0.717) is 15.9 Å². The number of aromatic amines is 1. The maximum absolute atomic E-state index is 12.0. The molecule has 0 radical (unpaired) electrons. The molecule has 0 aliphatic rings. The smallest absolute Gasteiger partial charge is 0.271 e. The van der Waals surface area contributed by atoms with E-state index in [9.17, 15) is 14.9 Å². The molecule has 0 spiro atoms. The standard InChI is InChI=1S/C11H10BrN5O3/c12-8-1-6(2-9(3-8)17(19)20)11(18)14-4-7-5-15-16-10(7)13/h1-3,5H,4H2,(H,14,18)(H3,13,15,16). The maximum Gasteiger partial charge on any atom is 0.271 e. The molecule has 9 heteroatoms. The number of carbonyl (C=O) groups excluding carboxylic acids is 1. The number of nitrogens with zero attached hydrogens (tertiary/aromatic N) is 2. The number of hydrogen-bond acceptors (Lipinski definition) is 5. The number of nitrogens with one attached hydrogen (secondary N) is 2. The molecule has 0 fully saturated rings. The van der Waals surface area contributed by atoms with Crippen LogP contribution in [0, 0.1) is 10.1 Å². The predicted molar refractivity (Wildman–Crippen MR) is 75.0 cm³/mol. The molecule has 0 saturated heterocycles. The van der Waals surface area contributed by atoms with E-state index in [2.05, 4.69) is 31.4 Å². The van der Waals surface area contributed by atoms with Crippen molar-refractivity contribution in [1.82, 2.24) is 15.5 Å². The molecule has 2 rings (SSSR count). The van der Waals surface area contributed by atoms with Gasteiger partial charge < -0.3 is 11.1 Å². The first-order valence-corrected chi connectivity index (χ1v) is 6.27. The van der Waals surface area contributed by atoms with Crippen molar-refractivity contribution in [3.63, 3.8) is 0 Å². The lowest BCUT2D eigenvalue weighted by Gasteiger charge is -2.05. The van der Waals surface area contributed by atoms with Gasteiger partial charge in [0.2, 0.25) is 0 Å². The van der Waals surface area contributed by atoms with Crippen LogP contribution in [0.2, 0.25) is 0 Å². The number of halogens is 1. The molecule has 1 heterocycles. The van der Waals surface area contributed by atoms with Crippen LogP contribution in [0.5, 0.6) is 0 Å². The summed E-state index contributed by atoms with van der Waals surface area (Å²) in [5, 5.41) is 19.6. The first-order valence-electron chi connectivity index (χ1n) is 5.48. The predicted octanol–water partition coefficient (Wildman–Crippen LogP) is 1.59. The van der Waals surface area contributed by atoms with Crippen molar-refractivity contribution in [3.8, 4) is 0 Å². The molecule has 1 amide bonds. The van der Waals surface area contributed by atoms with Crippen molar-refractivity contribution >= 4 is 33.3 Å². The fraction of sp³-hybridized carbons (Fsp3) is 0.0909. The Morgan fingerprint density at radius 2 is 2.25 bits per heavy atom. The van der Waals surface area contributed by atoms with E-state index in [-0.39, 0.29) is 17.8 Å². The van der Waals surface area contributed by atoms with Crippen molar-refractivity contribution in [2.75, 3.05) is 5.73 Å². The largest absolute Gasteiger partial charge is 0.384 e. The minimum atomic E-state index is -0.560. The molecule has 20 heavy (non-hydrogen) atoms. The van der Waals surface area contributed by atoms with Crippen LogP contribution in [0.15, 0.2) is 28.9 Å². The fourth-order valence-corrected chi connectivity index (χ4v) is 2.03. The third-order valence-electron chi connectivity index (χ3n) is 2.55. The van der Waals surface area contributed by atoms with Crippen LogP contribution in [-0.4, -0.2) is 21.0 Å². The molecular formula is C11H10BrN5O3. The molecule has 0 saturated carbocycles. The average molecular weight is 340 g/mol. The minimum Gasteiger partial charge on any atom is -0.384 e. The quantitative estimate of drug-likeness (QED) is 0.575. The van der Waals surface area contributed by atoms with Crippen LogP contribution < -0.4 is 11.1 Å². The van der Waals surface area contributed by atoms with Crippen molar-refractivity contribution in [3.05, 3.63) is 50.1 Å². The number of H-pyrrole nitrogens is 1. The molecule has 0 unspecified atom stereocenters. The molecule has 2 aromatic rings. The highest BCUT2D eigenvalue weighted by Gasteiger charge is 2.14. The minimum absolute atomic E-state index is 0.160. The number of benzene rings is 1. The van der Waals surface area contributed by atoms with Gasteiger partial charge in [0.15, 0.2) is 0 Å². The first-order chi connectivity index (χ1) is 9.47. The Morgan fingerprint density at radius 3 is 2.85 bits per heavy atom. The summed E-state index contributed by atoms with van der Waals surface area (Å²) in [7, 11) is 0. The number of carbonyl (C=O) groups is 1. The fourth-order valence-electron chi connectivity index (χ4n) is 1.55. The van der Waals surface area contributed by atoms with Gasteiger partial charge in [0.05, 0.1) is 11.1 Å². The number of nitrogens with two attached hydrogens (primary N) is 1. The van der Waals surface area contributed by atoms with Crippen LogP contribution >= 0.6 is 15.9 Å². The van der Waals surface area contributed by atoms with Crippen LogP contribution in [-0.2, 0) is 6.54 Å². The third-order valence-corrected chi connectivity index (χ3v) is 3.00. The van der Waals surface area contributed by atoms with Gasteiger partial charge in [0, 0.05) is 34.3 Å². The van der Waals surface area contributed by atoms with E-state index < -0.39 is 10.8 Å². The highest BCUT2D eigenvalue weighted by Crippen LogP contribution is 2.21. The summed E-state index contributed by atoms with van der Waals surface area (Å²) >= 11 is 3.13. The van der Waals surface area contributed by atoms with Crippen LogP contribution in [0.1, 0.15) is 15.9 Å². The van der Waals surface area contributed by atoms with Crippen molar-refractivity contribution in [2.45, 2.75) is 6.54 Å². The van der Waals surface area contributed by atoms with Gasteiger partial charge >= 0.3 is 0 Å². The monoisotopic (exact) mass is 339 g/mol. The summed E-state index contributed by atoms with van der Waals surface area (Å²) in [6, 6.07) is 4.03. The van der Waals surface area contributed by atoms with Gasteiger partial charge in [-0.2, -0.15) is 5.10 Å². The molecule has 0 bridgehead atoms. The van der Waals surface area contributed by atoms with Gasteiger partial charge in [0.1, 0.15) is 5.82 Å². The van der Waals surface area contributed by atoms with Crippen molar-refractivity contribution in [1.29, 1.82) is 0 Å². The lowest BCUT2D eigenvalue weighted by Crippen LogP contribution is -2.23. The number of rotatable bonds is 4. The van der Waals surface area contributed by atoms with Gasteiger partial charge in [-0.25, -0.2) is 0 Å². The van der Waals surface area contributed by atoms with Gasteiger partial charge in [-0.05, 0) is 6.07 Å². The Morgan fingerprint density at radius 1 is 1.50 bits per heavy atom. The molecule has 0 atom stereocenters. The summed E-state index contributed by atoms with van der Waals surface area (Å²) in [4.78, 5) is 22.1. The molecule has 1 aromatic heterocycles. The lowest BCUT2D eigenvalue weighted by atomic mass is 10.2.